The van der Waals surface area contributed by atoms with Crippen LogP contribution in [0.15, 0.2) is 65.5 Å². The normalized spacial score (nSPS) is 11.0. The number of carbonyl (C=O) groups excluding carboxylic acids is 1. The lowest BCUT2D eigenvalue weighted by atomic mass is 10.2. The van der Waals surface area contributed by atoms with Gasteiger partial charge in [0.25, 0.3) is 5.56 Å². The number of rotatable bonds is 5. The van der Waals surface area contributed by atoms with Crippen molar-refractivity contribution < 1.29 is 4.79 Å². The van der Waals surface area contributed by atoms with E-state index in [-0.39, 0.29) is 18.0 Å². The molecule has 2 aromatic carbocycles. The first-order chi connectivity index (χ1) is 14.0. The maximum atomic E-state index is 13.2. The highest BCUT2D eigenvalue weighted by Gasteiger charge is 2.20. The molecule has 0 atom stereocenters. The van der Waals surface area contributed by atoms with Crippen LogP contribution >= 0.6 is 11.3 Å². The van der Waals surface area contributed by atoms with Crippen LogP contribution in [0.4, 0.5) is 5.69 Å². The first-order valence-corrected chi connectivity index (χ1v) is 10.1. The largest absolute Gasteiger partial charge is 0.306 e. The average Bonchev–Trinajstić information content (AvgIpc) is 3.04. The van der Waals surface area contributed by atoms with Crippen LogP contribution in [0, 0.1) is 13.8 Å². The second kappa shape index (κ2) is 7.97. The van der Waals surface area contributed by atoms with Gasteiger partial charge in [-0.05, 0) is 37.1 Å². The second-order valence-electron chi connectivity index (χ2n) is 6.82. The Morgan fingerprint density at radius 3 is 2.38 bits per heavy atom. The number of aromatic nitrogens is 3. The maximum Gasteiger partial charge on any atom is 0.279 e. The minimum Gasteiger partial charge on any atom is -0.306 e. The molecule has 7 heteroatoms. The van der Waals surface area contributed by atoms with E-state index in [0.717, 1.165) is 26.4 Å². The Hall–Kier alpha value is -3.32. The first-order valence-electron chi connectivity index (χ1n) is 9.27. The standard InChI is InChI=1S/C22H20N4O2S/c1-15-16(2)29-21-20(15)22(28)26(24-23-21)14-19(27)25(18-11-7-4-8-12-18)13-17-9-5-3-6-10-17/h3-12H,13-14H2,1-2H3. The number of fused-ring (bicyclic) bond motifs is 1. The Labute approximate surface area is 172 Å². The van der Waals surface area contributed by atoms with Gasteiger partial charge in [-0.3, -0.25) is 9.59 Å². The summed E-state index contributed by atoms with van der Waals surface area (Å²) in [4.78, 5) is 29.4. The monoisotopic (exact) mass is 404 g/mol. The molecule has 4 rings (SSSR count). The van der Waals surface area contributed by atoms with Crippen molar-refractivity contribution in [3.05, 3.63) is 87.0 Å². The molecule has 4 aromatic rings. The second-order valence-corrected chi connectivity index (χ2v) is 8.02. The van der Waals surface area contributed by atoms with Gasteiger partial charge < -0.3 is 4.90 Å². The number of hydrogen-bond acceptors (Lipinski definition) is 5. The Morgan fingerprint density at radius 1 is 1.03 bits per heavy atom. The van der Waals surface area contributed by atoms with Gasteiger partial charge in [0.15, 0.2) is 4.83 Å². The van der Waals surface area contributed by atoms with Crippen molar-refractivity contribution in [1.82, 2.24) is 15.0 Å². The molecule has 0 bridgehead atoms. The highest BCUT2D eigenvalue weighted by Crippen LogP contribution is 2.25. The number of benzene rings is 2. The number of aryl methyl sites for hydroxylation is 2. The van der Waals surface area contributed by atoms with E-state index in [2.05, 4.69) is 10.3 Å². The van der Waals surface area contributed by atoms with Crippen molar-refractivity contribution in [2.45, 2.75) is 26.9 Å². The molecule has 0 aliphatic rings. The SMILES string of the molecule is Cc1sc2nnn(CC(=O)N(Cc3ccccc3)c3ccccc3)c(=O)c2c1C. The Balaban J connectivity index is 1.68. The third-order valence-corrected chi connectivity index (χ3v) is 5.99. The highest BCUT2D eigenvalue weighted by atomic mass is 32.1. The molecule has 0 fully saturated rings. The summed E-state index contributed by atoms with van der Waals surface area (Å²) < 4.78 is 1.16. The summed E-state index contributed by atoms with van der Waals surface area (Å²) in [7, 11) is 0. The van der Waals surface area contributed by atoms with Crippen molar-refractivity contribution in [3.8, 4) is 0 Å². The van der Waals surface area contributed by atoms with Crippen LogP contribution in [-0.2, 0) is 17.9 Å². The van der Waals surface area contributed by atoms with Crippen molar-refractivity contribution in [2.24, 2.45) is 0 Å². The zero-order valence-corrected chi connectivity index (χ0v) is 17.0. The molecular weight excluding hydrogens is 384 g/mol. The molecule has 0 aliphatic heterocycles. The number of nitrogens with zero attached hydrogens (tertiary/aromatic N) is 4. The van der Waals surface area contributed by atoms with Crippen molar-refractivity contribution in [2.75, 3.05) is 4.90 Å². The number of amides is 1. The van der Waals surface area contributed by atoms with Crippen molar-refractivity contribution in [1.29, 1.82) is 0 Å². The Kier molecular flexibility index (Phi) is 5.22. The molecule has 0 saturated heterocycles. The molecule has 146 valence electrons. The number of para-hydroxylation sites is 1. The molecule has 0 radical (unpaired) electrons. The van der Waals surface area contributed by atoms with Crippen LogP contribution in [0.5, 0.6) is 0 Å². The Morgan fingerprint density at radius 2 is 1.69 bits per heavy atom. The van der Waals surface area contributed by atoms with Crippen LogP contribution in [0.3, 0.4) is 0 Å². The zero-order valence-electron chi connectivity index (χ0n) is 16.2. The van der Waals surface area contributed by atoms with Gasteiger partial charge in [-0.2, -0.15) is 0 Å². The quantitative estimate of drug-likeness (QED) is 0.509. The van der Waals surface area contributed by atoms with Crippen LogP contribution in [0.25, 0.3) is 10.2 Å². The lowest BCUT2D eigenvalue weighted by Gasteiger charge is -2.23. The van der Waals surface area contributed by atoms with Gasteiger partial charge in [-0.1, -0.05) is 53.7 Å². The van der Waals surface area contributed by atoms with E-state index in [1.807, 2.05) is 74.5 Å². The molecule has 0 aliphatic carbocycles. The van der Waals surface area contributed by atoms with Gasteiger partial charge in [0, 0.05) is 10.6 Å². The summed E-state index contributed by atoms with van der Waals surface area (Å²) >= 11 is 1.44. The molecule has 0 saturated carbocycles. The lowest BCUT2D eigenvalue weighted by Crippen LogP contribution is -2.37. The van der Waals surface area contributed by atoms with Crippen molar-refractivity contribution in [3.63, 3.8) is 0 Å². The molecule has 6 nitrogen and oxygen atoms in total. The zero-order chi connectivity index (χ0) is 20.4. The van der Waals surface area contributed by atoms with Gasteiger partial charge in [-0.15, -0.1) is 16.4 Å². The van der Waals surface area contributed by atoms with E-state index in [1.165, 1.54) is 11.3 Å². The predicted molar refractivity (Wildman–Crippen MR) is 115 cm³/mol. The summed E-state index contributed by atoms with van der Waals surface area (Å²) in [5, 5.41) is 8.70. The fraction of sp³-hybridized carbons (Fsp3) is 0.182. The number of carbonyl (C=O) groups is 1. The molecule has 0 unspecified atom stereocenters. The smallest absolute Gasteiger partial charge is 0.279 e. The van der Waals surface area contributed by atoms with E-state index in [0.29, 0.717) is 16.8 Å². The van der Waals surface area contributed by atoms with Gasteiger partial charge >= 0.3 is 0 Å². The fourth-order valence-electron chi connectivity index (χ4n) is 3.21. The van der Waals surface area contributed by atoms with Crippen LogP contribution in [-0.4, -0.2) is 20.9 Å². The average molecular weight is 404 g/mol. The van der Waals surface area contributed by atoms with Gasteiger partial charge in [0.2, 0.25) is 5.91 Å². The van der Waals surface area contributed by atoms with Gasteiger partial charge in [0.05, 0.1) is 11.9 Å². The third kappa shape index (κ3) is 3.82. The minimum absolute atomic E-state index is 0.169. The van der Waals surface area contributed by atoms with Crippen LogP contribution in [0.2, 0.25) is 0 Å². The summed E-state index contributed by atoms with van der Waals surface area (Å²) in [6.07, 6.45) is 0. The molecule has 1 amide bonds. The van der Waals surface area contributed by atoms with E-state index < -0.39 is 0 Å². The highest BCUT2D eigenvalue weighted by molar-refractivity contribution is 7.18. The summed E-state index contributed by atoms with van der Waals surface area (Å²) in [5.41, 5.74) is 2.39. The minimum atomic E-state index is -0.280. The summed E-state index contributed by atoms with van der Waals surface area (Å²) in [5.74, 6) is -0.222. The molecule has 0 spiro atoms. The van der Waals surface area contributed by atoms with E-state index in [1.54, 1.807) is 4.90 Å². The van der Waals surface area contributed by atoms with E-state index >= 15 is 0 Å². The van der Waals surface area contributed by atoms with Crippen LogP contribution < -0.4 is 10.5 Å². The number of thiophene rings is 1. The summed E-state index contributed by atoms with van der Waals surface area (Å²) in [6.45, 7) is 4.09. The molecular formula is C22H20N4O2S. The number of anilines is 1. The molecule has 2 aromatic heterocycles. The molecule has 29 heavy (non-hydrogen) atoms. The Bertz CT molecular complexity index is 1220. The first kappa shape index (κ1) is 19.0. The van der Waals surface area contributed by atoms with Crippen molar-refractivity contribution >= 4 is 33.1 Å². The summed E-state index contributed by atoms with van der Waals surface area (Å²) in [6, 6.07) is 19.2. The third-order valence-electron chi connectivity index (χ3n) is 4.90. The van der Waals surface area contributed by atoms with Gasteiger partial charge in [0.1, 0.15) is 6.54 Å². The lowest BCUT2D eigenvalue weighted by molar-refractivity contribution is -0.119. The number of hydrogen-bond donors (Lipinski definition) is 0. The van der Waals surface area contributed by atoms with E-state index in [4.69, 9.17) is 0 Å². The molecule has 0 N–H and O–H groups in total. The predicted octanol–water partition coefficient (Wildman–Crippen LogP) is 3.70. The van der Waals surface area contributed by atoms with Crippen LogP contribution in [0.1, 0.15) is 16.0 Å². The topological polar surface area (TPSA) is 68.1 Å². The molecule has 2 heterocycles. The van der Waals surface area contributed by atoms with E-state index in [9.17, 15) is 9.59 Å². The fourth-order valence-corrected chi connectivity index (χ4v) is 4.17. The maximum absolute atomic E-state index is 13.2. The van der Waals surface area contributed by atoms with Gasteiger partial charge in [-0.25, -0.2) is 4.68 Å².